The summed E-state index contributed by atoms with van der Waals surface area (Å²) >= 11 is 0. The number of amides is 1. The highest BCUT2D eigenvalue weighted by atomic mass is 19.1. The van der Waals surface area contributed by atoms with Crippen molar-refractivity contribution in [1.29, 1.82) is 0 Å². The molecule has 1 aromatic carbocycles. The largest absolute Gasteiger partial charge is 0.485 e. The summed E-state index contributed by atoms with van der Waals surface area (Å²) < 4.78 is 35.0. The Bertz CT molecular complexity index is 1250. The van der Waals surface area contributed by atoms with E-state index in [4.69, 9.17) is 10.5 Å². The number of benzene rings is 1. The van der Waals surface area contributed by atoms with Gasteiger partial charge in [0, 0.05) is 18.2 Å². The van der Waals surface area contributed by atoms with Crippen LogP contribution in [0.25, 0.3) is 22.3 Å². The molecule has 0 radical (unpaired) electrons. The van der Waals surface area contributed by atoms with Gasteiger partial charge in [0.25, 0.3) is 5.91 Å². The predicted molar refractivity (Wildman–Crippen MR) is 125 cm³/mol. The van der Waals surface area contributed by atoms with Crippen LogP contribution in [0.4, 0.5) is 14.6 Å². The number of piperidine rings is 1. The highest BCUT2D eigenvalue weighted by Crippen LogP contribution is 2.35. The molecule has 2 fully saturated rings. The molecule has 3 heterocycles. The van der Waals surface area contributed by atoms with Gasteiger partial charge in [-0.1, -0.05) is 0 Å². The van der Waals surface area contributed by atoms with Gasteiger partial charge in [0.05, 0.1) is 16.9 Å². The highest BCUT2D eigenvalue weighted by Gasteiger charge is 2.36. The second-order valence-corrected chi connectivity index (χ2v) is 9.16. The number of anilines is 1. The topological polar surface area (TPSA) is 135 Å². The summed E-state index contributed by atoms with van der Waals surface area (Å²) in [5.41, 5.74) is 5.35. The summed E-state index contributed by atoms with van der Waals surface area (Å²) in [4.78, 5) is 25.2. The number of pyridine rings is 1. The zero-order valence-electron chi connectivity index (χ0n) is 19.0. The molecule has 35 heavy (non-hydrogen) atoms. The summed E-state index contributed by atoms with van der Waals surface area (Å²) in [6, 6.07) is 3.60. The van der Waals surface area contributed by atoms with Gasteiger partial charge in [-0.2, -0.15) is 0 Å². The van der Waals surface area contributed by atoms with Crippen LogP contribution >= 0.6 is 0 Å². The highest BCUT2D eigenvalue weighted by molar-refractivity contribution is 6.06. The molecule has 2 aromatic heterocycles. The third kappa shape index (κ3) is 4.73. The van der Waals surface area contributed by atoms with Crippen molar-refractivity contribution in [2.24, 2.45) is 5.73 Å². The Hall–Kier alpha value is -3.44. The van der Waals surface area contributed by atoms with Gasteiger partial charge >= 0.3 is 0 Å². The molecule has 0 unspecified atom stereocenters. The number of nitrogens with two attached hydrogens (primary N) is 1. The van der Waals surface area contributed by atoms with E-state index in [9.17, 15) is 18.7 Å². The van der Waals surface area contributed by atoms with Crippen molar-refractivity contribution >= 4 is 22.8 Å². The minimum absolute atomic E-state index is 0.0607. The van der Waals surface area contributed by atoms with Gasteiger partial charge < -0.3 is 26.2 Å². The Morgan fingerprint density at radius 3 is 2.60 bits per heavy atom. The van der Waals surface area contributed by atoms with Crippen LogP contribution in [0.15, 0.2) is 24.5 Å². The lowest BCUT2D eigenvalue weighted by molar-refractivity contribution is -0.0676. The molecule has 0 bridgehead atoms. The summed E-state index contributed by atoms with van der Waals surface area (Å²) in [6.07, 6.45) is 5.14. The quantitative estimate of drug-likeness (QED) is 0.402. The Morgan fingerprint density at radius 1 is 1.20 bits per heavy atom. The number of fused-ring (bicyclic) bond motifs is 1. The molecule has 184 valence electrons. The molecular formula is C24H26F2N6O3. The number of rotatable bonds is 7. The second kappa shape index (κ2) is 9.31. The number of primary amides is 1. The van der Waals surface area contributed by atoms with E-state index < -0.39 is 28.9 Å². The van der Waals surface area contributed by atoms with Crippen LogP contribution in [0.3, 0.4) is 0 Å². The fraction of sp³-hybridized carbons (Fsp3) is 0.417. The number of ether oxygens (including phenoxy) is 1. The maximum Gasteiger partial charge on any atom is 0.251 e. The van der Waals surface area contributed by atoms with Crippen LogP contribution in [0.2, 0.25) is 0 Å². The lowest BCUT2D eigenvalue weighted by Gasteiger charge is -2.36. The smallest absolute Gasteiger partial charge is 0.251 e. The van der Waals surface area contributed by atoms with Crippen LogP contribution < -0.4 is 21.1 Å². The maximum atomic E-state index is 14.8. The lowest BCUT2D eigenvalue weighted by atomic mass is 9.81. The molecule has 0 spiro atoms. The predicted octanol–water partition coefficient (Wildman–Crippen LogP) is 2.53. The van der Waals surface area contributed by atoms with Gasteiger partial charge in [-0.3, -0.25) is 4.79 Å². The van der Waals surface area contributed by atoms with Gasteiger partial charge in [-0.25, -0.2) is 23.7 Å². The SMILES string of the molecule is NC(=O)c1cc(-c2cc(F)c(OCC3(O)CCC3)c(F)c2)nc2c(N[C@H]3CCCNC3)ncnc12. The molecule has 1 saturated carbocycles. The number of carbonyl (C=O) groups is 1. The number of hydrogen-bond acceptors (Lipinski definition) is 8. The van der Waals surface area contributed by atoms with Crippen LogP contribution in [0.5, 0.6) is 5.75 Å². The standard InChI is InChI=1S/C24H26F2N6O3/c25-16-7-13(8-17(26)21(16)35-11-24(34)4-2-5-24)18-9-15(22(27)33)19-20(32-18)23(30-12-29-19)31-14-3-1-6-28-10-14/h7-9,12,14,28,34H,1-6,10-11H2,(H2,27,33)(H,29,30,31)/t14-/m0/s1. The van der Waals surface area contributed by atoms with Crippen LogP contribution in [0.1, 0.15) is 42.5 Å². The van der Waals surface area contributed by atoms with Crippen molar-refractivity contribution in [3.05, 3.63) is 41.7 Å². The average Bonchev–Trinajstić information content (AvgIpc) is 2.82. The fourth-order valence-corrected chi connectivity index (χ4v) is 4.43. The van der Waals surface area contributed by atoms with Crippen LogP contribution in [0, 0.1) is 11.6 Å². The molecule has 9 nitrogen and oxygen atoms in total. The van der Waals surface area contributed by atoms with Crippen molar-refractivity contribution in [1.82, 2.24) is 20.3 Å². The van der Waals surface area contributed by atoms with Gasteiger partial charge in [-0.05, 0) is 56.8 Å². The zero-order chi connectivity index (χ0) is 24.6. The van der Waals surface area contributed by atoms with Gasteiger partial charge in [0.15, 0.2) is 23.2 Å². The van der Waals surface area contributed by atoms with E-state index in [2.05, 4.69) is 25.6 Å². The average molecular weight is 485 g/mol. The van der Waals surface area contributed by atoms with E-state index in [-0.39, 0.29) is 40.5 Å². The first-order valence-corrected chi connectivity index (χ1v) is 11.6. The summed E-state index contributed by atoms with van der Waals surface area (Å²) in [5, 5.41) is 16.8. The summed E-state index contributed by atoms with van der Waals surface area (Å²) in [5.74, 6) is -2.80. The van der Waals surface area contributed by atoms with E-state index in [1.807, 2.05) is 0 Å². The molecule has 1 amide bonds. The maximum absolute atomic E-state index is 14.8. The van der Waals surface area contributed by atoms with Crippen molar-refractivity contribution in [3.63, 3.8) is 0 Å². The number of aromatic nitrogens is 3. The van der Waals surface area contributed by atoms with Gasteiger partial charge in [0.1, 0.15) is 24.0 Å². The Labute approximate surface area is 200 Å². The molecule has 5 N–H and O–H groups in total. The Balaban J connectivity index is 1.53. The first kappa shape index (κ1) is 23.3. The third-order valence-corrected chi connectivity index (χ3v) is 6.56. The summed E-state index contributed by atoms with van der Waals surface area (Å²) in [7, 11) is 0. The molecule has 1 aliphatic carbocycles. The van der Waals surface area contributed by atoms with E-state index in [1.54, 1.807) is 0 Å². The molecule has 1 atom stereocenters. The third-order valence-electron chi connectivity index (χ3n) is 6.56. The van der Waals surface area contributed by atoms with Gasteiger partial charge in [0.2, 0.25) is 0 Å². The lowest BCUT2D eigenvalue weighted by Crippen LogP contribution is -2.42. The first-order valence-electron chi connectivity index (χ1n) is 11.6. The van der Waals surface area contributed by atoms with Crippen molar-refractivity contribution in [2.75, 3.05) is 25.0 Å². The molecule has 2 aliphatic rings. The summed E-state index contributed by atoms with van der Waals surface area (Å²) in [6.45, 7) is 1.48. The Kier molecular flexibility index (Phi) is 6.20. The number of halogens is 2. The number of nitrogens with zero attached hydrogens (tertiary/aromatic N) is 3. The molecule has 11 heteroatoms. The molecule has 1 saturated heterocycles. The van der Waals surface area contributed by atoms with Crippen molar-refractivity contribution in [2.45, 2.75) is 43.7 Å². The van der Waals surface area contributed by atoms with E-state index in [1.165, 1.54) is 12.4 Å². The fourth-order valence-electron chi connectivity index (χ4n) is 4.43. The van der Waals surface area contributed by atoms with Crippen molar-refractivity contribution < 1.29 is 23.4 Å². The zero-order valence-corrected chi connectivity index (χ0v) is 19.0. The normalized spacial score (nSPS) is 19.2. The molecule has 3 aromatic rings. The molecule has 1 aliphatic heterocycles. The number of carbonyl (C=O) groups excluding carboxylic acids is 1. The van der Waals surface area contributed by atoms with E-state index >= 15 is 0 Å². The monoisotopic (exact) mass is 484 g/mol. The minimum Gasteiger partial charge on any atom is -0.485 e. The van der Waals surface area contributed by atoms with Gasteiger partial charge in [-0.15, -0.1) is 0 Å². The van der Waals surface area contributed by atoms with E-state index in [0.29, 0.717) is 18.7 Å². The molecular weight excluding hydrogens is 458 g/mol. The second-order valence-electron chi connectivity index (χ2n) is 9.16. The molecule has 5 rings (SSSR count). The first-order chi connectivity index (χ1) is 16.8. The van der Waals surface area contributed by atoms with Crippen molar-refractivity contribution in [3.8, 4) is 17.0 Å². The number of aliphatic hydroxyl groups is 1. The number of hydrogen-bond donors (Lipinski definition) is 4. The van der Waals surface area contributed by atoms with E-state index in [0.717, 1.165) is 44.5 Å². The minimum atomic E-state index is -1.05. The van der Waals surface area contributed by atoms with Crippen LogP contribution in [-0.2, 0) is 0 Å². The number of nitrogens with one attached hydrogen (secondary N) is 2. The Morgan fingerprint density at radius 2 is 1.97 bits per heavy atom. The van der Waals surface area contributed by atoms with Crippen LogP contribution in [-0.4, -0.2) is 57.3 Å².